The standard InChI is InChI=1S/C8H8N4O2/c9-4-6(13)11-7-5-2-1-3-10-8(5)14-12-7/h1-3H,4,9H2,(H,11,12,13). The first-order chi connectivity index (χ1) is 6.81. The van der Waals surface area contributed by atoms with E-state index in [0.29, 0.717) is 16.9 Å². The summed E-state index contributed by atoms with van der Waals surface area (Å²) in [7, 11) is 0. The molecule has 0 spiro atoms. The van der Waals surface area contributed by atoms with Crippen LogP contribution < -0.4 is 11.1 Å². The lowest BCUT2D eigenvalue weighted by Gasteiger charge is -1.96. The van der Waals surface area contributed by atoms with E-state index in [0.717, 1.165) is 0 Å². The number of nitrogens with zero attached hydrogens (tertiary/aromatic N) is 2. The summed E-state index contributed by atoms with van der Waals surface area (Å²) in [5, 5.41) is 6.83. The van der Waals surface area contributed by atoms with Crippen LogP contribution in [0.4, 0.5) is 5.82 Å². The molecule has 0 saturated heterocycles. The second kappa shape index (κ2) is 3.43. The molecule has 72 valence electrons. The average molecular weight is 192 g/mol. The van der Waals surface area contributed by atoms with Crippen LogP contribution in [0, 0.1) is 0 Å². The molecule has 1 amide bonds. The van der Waals surface area contributed by atoms with Gasteiger partial charge in [0, 0.05) is 6.20 Å². The SMILES string of the molecule is NCC(=O)Nc1noc2ncccc12. The lowest BCUT2D eigenvalue weighted by Crippen LogP contribution is -2.22. The minimum absolute atomic E-state index is 0.0887. The van der Waals surface area contributed by atoms with Crippen molar-refractivity contribution in [3.8, 4) is 0 Å². The van der Waals surface area contributed by atoms with E-state index in [2.05, 4.69) is 15.5 Å². The molecule has 2 rings (SSSR count). The minimum atomic E-state index is -0.316. The first-order valence-electron chi connectivity index (χ1n) is 4.01. The molecule has 0 atom stereocenters. The Labute approximate surface area is 79.1 Å². The van der Waals surface area contributed by atoms with Crippen molar-refractivity contribution in [2.75, 3.05) is 11.9 Å². The average Bonchev–Trinajstić information content (AvgIpc) is 2.62. The number of anilines is 1. The van der Waals surface area contributed by atoms with Crippen molar-refractivity contribution in [2.45, 2.75) is 0 Å². The van der Waals surface area contributed by atoms with Crippen LogP contribution in [0.5, 0.6) is 0 Å². The van der Waals surface area contributed by atoms with E-state index < -0.39 is 0 Å². The van der Waals surface area contributed by atoms with Crippen LogP contribution in [0.2, 0.25) is 0 Å². The summed E-state index contributed by atoms with van der Waals surface area (Å²) in [5.74, 6) is 0.0348. The molecule has 0 radical (unpaired) electrons. The van der Waals surface area contributed by atoms with E-state index in [1.807, 2.05) is 0 Å². The highest BCUT2D eigenvalue weighted by Crippen LogP contribution is 2.19. The van der Waals surface area contributed by atoms with Crippen molar-refractivity contribution in [1.82, 2.24) is 10.1 Å². The number of hydrogen-bond acceptors (Lipinski definition) is 5. The lowest BCUT2D eigenvalue weighted by molar-refractivity contribution is -0.114. The van der Waals surface area contributed by atoms with E-state index in [1.54, 1.807) is 18.3 Å². The molecule has 0 fully saturated rings. The number of hydrogen-bond donors (Lipinski definition) is 2. The number of pyridine rings is 1. The molecule has 2 aromatic heterocycles. The predicted octanol–water partition coefficient (Wildman–Crippen LogP) is 0.120. The zero-order valence-corrected chi connectivity index (χ0v) is 7.23. The van der Waals surface area contributed by atoms with Gasteiger partial charge in [0.15, 0.2) is 5.82 Å². The largest absolute Gasteiger partial charge is 0.334 e. The number of nitrogens with one attached hydrogen (secondary N) is 1. The van der Waals surface area contributed by atoms with Crippen molar-refractivity contribution >= 4 is 22.8 Å². The third kappa shape index (κ3) is 1.42. The van der Waals surface area contributed by atoms with Gasteiger partial charge in [-0.25, -0.2) is 4.98 Å². The molecule has 3 N–H and O–H groups in total. The van der Waals surface area contributed by atoms with E-state index in [4.69, 9.17) is 10.3 Å². The Balaban J connectivity index is 2.38. The third-order valence-electron chi connectivity index (χ3n) is 1.69. The quantitative estimate of drug-likeness (QED) is 0.704. The Bertz CT molecular complexity index is 465. The van der Waals surface area contributed by atoms with E-state index in [9.17, 15) is 4.79 Å². The molecular weight excluding hydrogens is 184 g/mol. The first-order valence-corrected chi connectivity index (χ1v) is 4.01. The molecule has 0 aliphatic rings. The number of aromatic nitrogens is 2. The van der Waals surface area contributed by atoms with Gasteiger partial charge >= 0.3 is 0 Å². The molecule has 0 aliphatic heterocycles. The van der Waals surface area contributed by atoms with E-state index in [-0.39, 0.29) is 12.5 Å². The molecule has 0 aromatic carbocycles. The van der Waals surface area contributed by atoms with Gasteiger partial charge in [0.2, 0.25) is 5.91 Å². The molecule has 0 aliphatic carbocycles. The Hall–Kier alpha value is -1.95. The van der Waals surface area contributed by atoms with Gasteiger partial charge in [0.05, 0.1) is 11.9 Å². The topological polar surface area (TPSA) is 94.0 Å². The number of amides is 1. The van der Waals surface area contributed by atoms with Gasteiger partial charge in [-0.15, -0.1) is 0 Å². The van der Waals surface area contributed by atoms with Gasteiger partial charge in [-0.05, 0) is 12.1 Å². The molecule has 2 aromatic rings. The van der Waals surface area contributed by atoms with Crippen molar-refractivity contribution in [1.29, 1.82) is 0 Å². The van der Waals surface area contributed by atoms with E-state index >= 15 is 0 Å². The smallest absolute Gasteiger partial charge is 0.259 e. The summed E-state index contributed by atoms with van der Waals surface area (Å²) >= 11 is 0. The predicted molar refractivity (Wildman–Crippen MR) is 49.5 cm³/mol. The minimum Gasteiger partial charge on any atom is -0.334 e. The molecule has 0 unspecified atom stereocenters. The van der Waals surface area contributed by atoms with Crippen molar-refractivity contribution in [2.24, 2.45) is 5.73 Å². The third-order valence-corrected chi connectivity index (χ3v) is 1.69. The highest BCUT2D eigenvalue weighted by molar-refractivity contribution is 5.98. The molecule has 6 nitrogen and oxygen atoms in total. The van der Waals surface area contributed by atoms with Crippen molar-refractivity contribution in [3.05, 3.63) is 18.3 Å². The summed E-state index contributed by atoms with van der Waals surface area (Å²) in [6.45, 7) is -0.0887. The van der Waals surface area contributed by atoms with Crippen LogP contribution in [0.25, 0.3) is 11.1 Å². The molecule has 0 saturated carbocycles. The maximum atomic E-state index is 11.0. The highest BCUT2D eigenvalue weighted by atomic mass is 16.5. The summed E-state index contributed by atoms with van der Waals surface area (Å²) in [5.41, 5.74) is 5.54. The Kier molecular flexibility index (Phi) is 2.11. The van der Waals surface area contributed by atoms with Crippen molar-refractivity contribution in [3.63, 3.8) is 0 Å². The highest BCUT2D eigenvalue weighted by Gasteiger charge is 2.09. The fourth-order valence-electron chi connectivity index (χ4n) is 1.06. The van der Waals surface area contributed by atoms with Crippen LogP contribution >= 0.6 is 0 Å². The van der Waals surface area contributed by atoms with E-state index in [1.165, 1.54) is 0 Å². The van der Waals surface area contributed by atoms with Gasteiger partial charge < -0.3 is 15.6 Å². The van der Waals surface area contributed by atoms with Crippen LogP contribution in [0.3, 0.4) is 0 Å². The van der Waals surface area contributed by atoms with Crippen LogP contribution in [-0.2, 0) is 4.79 Å². The molecule has 0 bridgehead atoms. The van der Waals surface area contributed by atoms with Crippen molar-refractivity contribution < 1.29 is 9.32 Å². The first kappa shape index (κ1) is 8.64. The molecule has 2 heterocycles. The number of carbonyl (C=O) groups excluding carboxylic acids is 1. The van der Waals surface area contributed by atoms with Crippen LogP contribution in [0.1, 0.15) is 0 Å². The number of rotatable bonds is 2. The van der Waals surface area contributed by atoms with Gasteiger partial charge in [-0.2, -0.15) is 0 Å². The monoisotopic (exact) mass is 192 g/mol. The summed E-state index contributed by atoms with van der Waals surface area (Å²) in [6, 6.07) is 3.49. The Morgan fingerprint density at radius 3 is 3.29 bits per heavy atom. The number of carbonyl (C=O) groups is 1. The second-order valence-electron chi connectivity index (χ2n) is 2.64. The summed E-state index contributed by atoms with van der Waals surface area (Å²) < 4.78 is 4.88. The zero-order valence-electron chi connectivity index (χ0n) is 7.23. The van der Waals surface area contributed by atoms with Gasteiger partial charge in [0.25, 0.3) is 5.71 Å². The van der Waals surface area contributed by atoms with Gasteiger partial charge in [-0.3, -0.25) is 4.79 Å². The maximum Gasteiger partial charge on any atom is 0.259 e. The summed E-state index contributed by atoms with van der Waals surface area (Å²) in [4.78, 5) is 14.9. The second-order valence-corrected chi connectivity index (χ2v) is 2.64. The molecule has 6 heteroatoms. The van der Waals surface area contributed by atoms with Gasteiger partial charge in [-0.1, -0.05) is 5.16 Å². The van der Waals surface area contributed by atoms with Crippen LogP contribution in [0.15, 0.2) is 22.9 Å². The summed E-state index contributed by atoms with van der Waals surface area (Å²) in [6.07, 6.45) is 1.59. The zero-order chi connectivity index (χ0) is 9.97. The number of fused-ring (bicyclic) bond motifs is 1. The lowest BCUT2D eigenvalue weighted by atomic mass is 10.3. The molecular formula is C8H8N4O2. The Morgan fingerprint density at radius 1 is 1.64 bits per heavy atom. The molecule has 14 heavy (non-hydrogen) atoms. The van der Waals surface area contributed by atoms with Crippen LogP contribution in [-0.4, -0.2) is 22.6 Å². The Morgan fingerprint density at radius 2 is 2.50 bits per heavy atom. The maximum absolute atomic E-state index is 11.0. The normalized spacial score (nSPS) is 10.4. The fraction of sp³-hybridized carbons (Fsp3) is 0.125. The van der Waals surface area contributed by atoms with Gasteiger partial charge in [0.1, 0.15) is 0 Å². The number of nitrogens with two attached hydrogens (primary N) is 1. The fourth-order valence-corrected chi connectivity index (χ4v) is 1.06.